The van der Waals surface area contributed by atoms with E-state index >= 15 is 0 Å². The lowest BCUT2D eigenvalue weighted by molar-refractivity contribution is 0.196. The zero-order chi connectivity index (χ0) is 10.7. The van der Waals surface area contributed by atoms with Crippen molar-refractivity contribution in [1.82, 2.24) is 0 Å². The van der Waals surface area contributed by atoms with Gasteiger partial charge in [0.05, 0.1) is 6.10 Å². The second-order valence-electron chi connectivity index (χ2n) is 3.25. The Morgan fingerprint density at radius 1 is 1.43 bits per heavy atom. The zero-order valence-electron chi connectivity index (χ0n) is 8.20. The van der Waals surface area contributed by atoms with Crippen LogP contribution in [-0.4, -0.2) is 16.5 Å². The predicted octanol–water partition coefficient (Wildman–Crippen LogP) is 2.89. The molecule has 1 rings (SSSR count). The van der Waals surface area contributed by atoms with E-state index in [1.165, 1.54) is 0 Å². The summed E-state index contributed by atoms with van der Waals surface area (Å²) in [5, 5.41) is 9.51. The van der Waals surface area contributed by atoms with Crippen LogP contribution < -0.4 is 5.73 Å². The van der Waals surface area contributed by atoms with Crippen molar-refractivity contribution >= 4 is 33.4 Å². The van der Waals surface area contributed by atoms with Crippen molar-refractivity contribution in [1.29, 1.82) is 0 Å². The minimum Gasteiger partial charge on any atom is -0.398 e. The maximum absolute atomic E-state index is 9.36. The molecule has 0 aromatic heterocycles. The molecule has 78 valence electrons. The molecule has 0 aliphatic heterocycles. The molecule has 0 saturated carbocycles. The van der Waals surface area contributed by atoms with Gasteiger partial charge in [0.25, 0.3) is 0 Å². The van der Waals surface area contributed by atoms with Gasteiger partial charge >= 0.3 is 0 Å². The van der Waals surface area contributed by atoms with Gasteiger partial charge in [-0.15, -0.1) is 11.8 Å². The van der Waals surface area contributed by atoms with E-state index in [9.17, 15) is 5.11 Å². The summed E-state index contributed by atoms with van der Waals surface area (Å²) in [6.45, 7) is 3.77. The quantitative estimate of drug-likeness (QED) is 0.659. The molecule has 1 aromatic carbocycles. The summed E-state index contributed by atoms with van der Waals surface area (Å²) >= 11 is 4.94. The molecular weight excluding hydrogens is 262 g/mol. The summed E-state index contributed by atoms with van der Waals surface area (Å²) in [5.41, 5.74) is 6.58. The Labute approximate surface area is 97.0 Å². The average Bonchev–Trinajstić information content (AvgIpc) is 2.09. The number of nitrogens with two attached hydrogens (primary N) is 1. The Kier molecular flexibility index (Phi) is 4.29. The van der Waals surface area contributed by atoms with Crippen molar-refractivity contribution in [3.05, 3.63) is 22.7 Å². The Balaban J connectivity index is 2.77. The average molecular weight is 276 g/mol. The van der Waals surface area contributed by atoms with Crippen molar-refractivity contribution in [2.45, 2.75) is 30.1 Å². The van der Waals surface area contributed by atoms with Crippen molar-refractivity contribution < 1.29 is 5.11 Å². The first-order valence-corrected chi connectivity index (χ1v) is 6.07. The van der Waals surface area contributed by atoms with Gasteiger partial charge in [-0.1, -0.05) is 22.9 Å². The van der Waals surface area contributed by atoms with E-state index in [1.807, 2.05) is 25.1 Å². The molecule has 0 aliphatic carbocycles. The van der Waals surface area contributed by atoms with E-state index in [4.69, 9.17) is 5.73 Å². The molecule has 0 heterocycles. The van der Waals surface area contributed by atoms with Crippen LogP contribution in [0.1, 0.15) is 13.8 Å². The fraction of sp³-hybridized carbons (Fsp3) is 0.400. The van der Waals surface area contributed by atoms with Gasteiger partial charge in [-0.2, -0.15) is 0 Å². The van der Waals surface area contributed by atoms with Crippen molar-refractivity contribution in [2.24, 2.45) is 0 Å². The summed E-state index contributed by atoms with van der Waals surface area (Å²) < 4.78 is 0.976. The third-order valence-corrected chi connectivity index (χ3v) is 3.85. The first-order valence-electron chi connectivity index (χ1n) is 4.40. The van der Waals surface area contributed by atoms with Gasteiger partial charge < -0.3 is 10.8 Å². The van der Waals surface area contributed by atoms with Crippen LogP contribution in [0, 0.1) is 0 Å². The van der Waals surface area contributed by atoms with Gasteiger partial charge in [-0.3, -0.25) is 0 Å². The molecule has 0 bridgehead atoms. The van der Waals surface area contributed by atoms with E-state index < -0.39 is 0 Å². The lowest BCUT2D eigenvalue weighted by Gasteiger charge is -2.15. The normalized spacial score (nSPS) is 15.1. The molecule has 2 unspecified atom stereocenters. The van der Waals surface area contributed by atoms with Crippen LogP contribution in [0.15, 0.2) is 27.6 Å². The molecule has 3 N–H and O–H groups in total. The number of thioether (sulfide) groups is 1. The third-order valence-electron chi connectivity index (χ3n) is 1.96. The molecule has 2 nitrogen and oxygen atoms in total. The second-order valence-corrected chi connectivity index (χ2v) is 5.58. The van der Waals surface area contributed by atoms with E-state index in [-0.39, 0.29) is 11.4 Å². The second kappa shape index (κ2) is 5.05. The molecule has 0 saturated heterocycles. The molecule has 4 heteroatoms. The van der Waals surface area contributed by atoms with Gasteiger partial charge in [-0.25, -0.2) is 0 Å². The number of nitrogen functional groups attached to an aromatic ring is 1. The standard InChI is InChI=1S/C10H14BrNOS/c1-6(13)7(2)14-10-4-3-8(11)5-9(10)12/h3-7,13H,12H2,1-2H3. The van der Waals surface area contributed by atoms with Crippen LogP contribution >= 0.6 is 27.7 Å². The highest BCUT2D eigenvalue weighted by Crippen LogP contribution is 2.31. The number of aliphatic hydroxyl groups is 1. The van der Waals surface area contributed by atoms with Crippen molar-refractivity contribution in [3.63, 3.8) is 0 Å². The number of hydrogen-bond donors (Lipinski definition) is 2. The minimum atomic E-state index is -0.331. The topological polar surface area (TPSA) is 46.2 Å². The van der Waals surface area contributed by atoms with Crippen LogP contribution in [0.4, 0.5) is 5.69 Å². The van der Waals surface area contributed by atoms with E-state index in [1.54, 1.807) is 18.7 Å². The molecule has 0 aliphatic rings. The molecule has 14 heavy (non-hydrogen) atoms. The maximum atomic E-state index is 9.36. The Bertz CT molecular complexity index is 317. The van der Waals surface area contributed by atoms with Gasteiger partial charge in [0.15, 0.2) is 0 Å². The lowest BCUT2D eigenvalue weighted by atomic mass is 10.3. The van der Waals surface area contributed by atoms with Crippen LogP contribution in [0.25, 0.3) is 0 Å². The highest BCUT2D eigenvalue weighted by molar-refractivity contribution is 9.10. The van der Waals surface area contributed by atoms with Crippen molar-refractivity contribution in [2.75, 3.05) is 5.73 Å². The third kappa shape index (κ3) is 3.19. The van der Waals surface area contributed by atoms with E-state index in [0.717, 1.165) is 15.1 Å². The summed E-state index contributed by atoms with van der Waals surface area (Å²) in [6, 6.07) is 5.79. The van der Waals surface area contributed by atoms with Crippen LogP contribution in [-0.2, 0) is 0 Å². The molecule has 0 fully saturated rings. The highest BCUT2D eigenvalue weighted by atomic mass is 79.9. The Hall–Kier alpha value is -0.190. The predicted molar refractivity (Wildman–Crippen MR) is 65.6 cm³/mol. The molecule has 0 amide bonds. The number of anilines is 1. The van der Waals surface area contributed by atoms with Crippen molar-refractivity contribution in [3.8, 4) is 0 Å². The van der Waals surface area contributed by atoms with Crippen LogP contribution in [0.2, 0.25) is 0 Å². The van der Waals surface area contributed by atoms with E-state index in [2.05, 4.69) is 15.9 Å². The maximum Gasteiger partial charge on any atom is 0.0631 e. The number of aliphatic hydroxyl groups excluding tert-OH is 1. The van der Waals surface area contributed by atoms with Crippen LogP contribution in [0.5, 0.6) is 0 Å². The summed E-state index contributed by atoms with van der Waals surface area (Å²) in [7, 11) is 0. The molecule has 0 spiro atoms. The molecule has 1 aromatic rings. The fourth-order valence-corrected chi connectivity index (χ4v) is 2.24. The number of rotatable bonds is 3. The summed E-state index contributed by atoms with van der Waals surface area (Å²) in [5.74, 6) is 0. The summed E-state index contributed by atoms with van der Waals surface area (Å²) in [6.07, 6.45) is -0.331. The van der Waals surface area contributed by atoms with Gasteiger partial charge in [-0.05, 0) is 25.1 Å². The number of hydrogen-bond acceptors (Lipinski definition) is 3. The first-order chi connectivity index (χ1) is 6.50. The Morgan fingerprint density at radius 3 is 2.57 bits per heavy atom. The smallest absolute Gasteiger partial charge is 0.0631 e. The molecule has 0 radical (unpaired) electrons. The lowest BCUT2D eigenvalue weighted by Crippen LogP contribution is -2.15. The largest absolute Gasteiger partial charge is 0.398 e. The molecular formula is C10H14BrNOS. The first kappa shape index (κ1) is 11.9. The summed E-state index contributed by atoms with van der Waals surface area (Å²) in [4.78, 5) is 1.02. The fourth-order valence-electron chi connectivity index (χ4n) is 0.925. The van der Waals surface area contributed by atoms with Crippen LogP contribution in [0.3, 0.4) is 0 Å². The minimum absolute atomic E-state index is 0.151. The van der Waals surface area contributed by atoms with Gasteiger partial charge in [0.2, 0.25) is 0 Å². The zero-order valence-corrected chi connectivity index (χ0v) is 10.6. The number of halogens is 1. The Morgan fingerprint density at radius 2 is 2.07 bits per heavy atom. The monoisotopic (exact) mass is 275 g/mol. The van der Waals surface area contributed by atoms with Gasteiger partial charge in [0, 0.05) is 20.3 Å². The van der Waals surface area contributed by atoms with Gasteiger partial charge in [0.1, 0.15) is 0 Å². The highest BCUT2D eigenvalue weighted by Gasteiger charge is 2.11. The molecule has 2 atom stereocenters. The number of benzene rings is 1. The van der Waals surface area contributed by atoms with E-state index in [0.29, 0.717) is 0 Å². The SMILES string of the molecule is CC(O)C(C)Sc1ccc(Br)cc1N.